The molecule has 0 radical (unpaired) electrons. The number of nitrogens with one attached hydrogen (secondary N) is 1. The summed E-state index contributed by atoms with van der Waals surface area (Å²) in [4.78, 5) is 11.6. The number of ether oxygens (including phenoxy) is 2. The third-order valence-electron chi connectivity index (χ3n) is 4.46. The molecule has 0 aliphatic carbocycles. The lowest BCUT2D eigenvalue weighted by atomic mass is 9.95. The molecule has 0 aromatic rings. The Bertz CT molecular complexity index is 456. The summed E-state index contributed by atoms with van der Waals surface area (Å²) in [6, 6.07) is -2.38. The Hall–Kier alpha value is -0.930. The summed E-state index contributed by atoms with van der Waals surface area (Å²) in [5, 5.41) is 61.3. The highest BCUT2D eigenvalue weighted by molar-refractivity contribution is 5.76. The minimum absolute atomic E-state index is 0.121. The van der Waals surface area contributed by atoms with Gasteiger partial charge in [0.15, 0.2) is 6.29 Å². The highest BCUT2D eigenvalue weighted by Crippen LogP contribution is 2.24. The molecule has 0 saturated carbocycles. The van der Waals surface area contributed by atoms with E-state index in [-0.39, 0.29) is 13.0 Å². The van der Waals surface area contributed by atoms with Gasteiger partial charge < -0.3 is 56.9 Å². The second kappa shape index (κ2) is 11.2. The van der Waals surface area contributed by atoms with Crippen LogP contribution >= 0.6 is 0 Å². The van der Waals surface area contributed by atoms with Crippen molar-refractivity contribution in [1.29, 1.82) is 0 Å². The van der Waals surface area contributed by atoms with E-state index in [4.69, 9.17) is 26.0 Å². The van der Waals surface area contributed by atoms with Crippen molar-refractivity contribution in [2.45, 2.75) is 68.3 Å². The number of hydrogen-bond acceptors (Lipinski definition) is 11. The maximum absolute atomic E-state index is 11.6. The van der Waals surface area contributed by atoms with Crippen molar-refractivity contribution < 1.29 is 44.9 Å². The fourth-order valence-electron chi connectivity index (χ4n) is 2.73. The largest absolute Gasteiger partial charge is 0.394 e. The van der Waals surface area contributed by atoms with Crippen LogP contribution in [0.25, 0.3) is 0 Å². The van der Waals surface area contributed by atoms with E-state index in [0.29, 0.717) is 0 Å². The number of carbonyl (C=O) groups excluding carboxylic acids is 1. The van der Waals surface area contributed by atoms with Gasteiger partial charge in [-0.05, 0) is 0 Å². The smallest absolute Gasteiger partial charge is 0.220 e. The normalized spacial score (nSPS) is 33.1. The van der Waals surface area contributed by atoms with Gasteiger partial charge in [-0.25, -0.2) is 0 Å². The van der Waals surface area contributed by atoms with E-state index in [1.54, 1.807) is 6.92 Å². The first-order chi connectivity index (χ1) is 12.7. The molecule has 1 aliphatic rings. The molecule has 9 atom stereocenters. The minimum Gasteiger partial charge on any atom is -0.394 e. The van der Waals surface area contributed by atoms with Crippen molar-refractivity contribution in [2.75, 3.05) is 19.8 Å². The summed E-state index contributed by atoms with van der Waals surface area (Å²) in [5.74, 6) is -0.419. The van der Waals surface area contributed by atoms with Crippen molar-refractivity contribution in [2.24, 2.45) is 11.5 Å². The topological polar surface area (TPSA) is 221 Å². The maximum Gasteiger partial charge on any atom is 0.220 e. The molecule has 0 spiro atoms. The SMILES string of the molecule is CCC(=O)N[C@@H]1C(CO)O[C@H](O[C@@H]([C@H](N)[C@H](O)CO)[C@@H](O)CN)C(O)C1O. The predicted octanol–water partition coefficient (Wildman–Crippen LogP) is -5.29. The molecular weight excluding hydrogens is 366 g/mol. The number of rotatable bonds is 10. The van der Waals surface area contributed by atoms with Crippen molar-refractivity contribution in [1.82, 2.24) is 5.32 Å². The van der Waals surface area contributed by atoms with Crippen LogP contribution in [0.4, 0.5) is 0 Å². The Balaban J connectivity index is 2.96. The van der Waals surface area contributed by atoms with E-state index >= 15 is 0 Å². The number of aliphatic hydroxyl groups excluding tert-OH is 6. The van der Waals surface area contributed by atoms with Crippen LogP contribution in [-0.4, -0.2) is 111 Å². The van der Waals surface area contributed by atoms with Gasteiger partial charge in [-0.2, -0.15) is 0 Å². The van der Waals surface area contributed by atoms with E-state index in [9.17, 15) is 30.3 Å². The van der Waals surface area contributed by atoms with Gasteiger partial charge in [0.05, 0.1) is 37.5 Å². The van der Waals surface area contributed by atoms with Gasteiger partial charge >= 0.3 is 0 Å². The summed E-state index contributed by atoms with van der Waals surface area (Å²) in [5.41, 5.74) is 11.2. The summed E-state index contributed by atoms with van der Waals surface area (Å²) < 4.78 is 10.9. The van der Waals surface area contributed by atoms with E-state index in [1.807, 2.05) is 0 Å². The molecule has 0 aromatic heterocycles. The predicted molar refractivity (Wildman–Crippen MR) is 91.0 cm³/mol. The fourth-order valence-corrected chi connectivity index (χ4v) is 2.73. The first kappa shape index (κ1) is 24.1. The summed E-state index contributed by atoms with van der Waals surface area (Å²) in [7, 11) is 0. The van der Waals surface area contributed by atoms with Crippen LogP contribution in [0.3, 0.4) is 0 Å². The monoisotopic (exact) mass is 397 g/mol. The van der Waals surface area contributed by atoms with Gasteiger partial charge in [0.2, 0.25) is 5.91 Å². The lowest BCUT2D eigenvalue weighted by Crippen LogP contribution is -2.66. The van der Waals surface area contributed by atoms with Crippen molar-refractivity contribution >= 4 is 5.91 Å². The Labute approximate surface area is 156 Å². The fraction of sp³-hybridized carbons (Fsp3) is 0.933. The summed E-state index contributed by atoms with van der Waals surface area (Å²) in [6.45, 7) is -0.0258. The third kappa shape index (κ3) is 6.02. The molecule has 27 heavy (non-hydrogen) atoms. The molecule has 1 aliphatic heterocycles. The zero-order valence-corrected chi connectivity index (χ0v) is 15.1. The van der Waals surface area contributed by atoms with E-state index < -0.39 is 74.1 Å². The summed E-state index contributed by atoms with van der Waals surface area (Å²) in [6.07, 6.45) is -9.94. The lowest BCUT2D eigenvalue weighted by molar-refractivity contribution is -0.302. The Kier molecular flexibility index (Phi) is 9.97. The molecule has 1 fully saturated rings. The first-order valence-corrected chi connectivity index (χ1v) is 8.71. The van der Waals surface area contributed by atoms with E-state index in [2.05, 4.69) is 5.32 Å². The molecule has 160 valence electrons. The van der Waals surface area contributed by atoms with Gasteiger partial charge in [0, 0.05) is 13.0 Å². The minimum atomic E-state index is -1.67. The number of nitrogens with two attached hydrogens (primary N) is 2. The van der Waals surface area contributed by atoms with E-state index in [1.165, 1.54) is 0 Å². The highest BCUT2D eigenvalue weighted by Gasteiger charge is 2.47. The van der Waals surface area contributed by atoms with Crippen LogP contribution in [0.1, 0.15) is 13.3 Å². The number of aliphatic hydroxyl groups is 6. The molecule has 12 heteroatoms. The zero-order chi connectivity index (χ0) is 20.7. The Morgan fingerprint density at radius 1 is 1.22 bits per heavy atom. The Morgan fingerprint density at radius 3 is 2.33 bits per heavy atom. The quantitative estimate of drug-likeness (QED) is 0.169. The maximum atomic E-state index is 11.6. The van der Waals surface area contributed by atoms with Crippen LogP contribution in [0.5, 0.6) is 0 Å². The highest BCUT2D eigenvalue weighted by atomic mass is 16.7. The van der Waals surface area contributed by atoms with Crippen LogP contribution in [-0.2, 0) is 14.3 Å². The van der Waals surface area contributed by atoms with Gasteiger partial charge in [0.1, 0.15) is 24.4 Å². The Morgan fingerprint density at radius 2 is 1.85 bits per heavy atom. The van der Waals surface area contributed by atoms with E-state index in [0.717, 1.165) is 0 Å². The molecule has 0 aromatic carbocycles. The van der Waals surface area contributed by atoms with Crippen molar-refractivity contribution in [3.05, 3.63) is 0 Å². The molecule has 1 rings (SSSR count). The standard InChI is InChI=1S/C15H31N3O9/c1-2-9(23)18-11-8(5-20)26-15(13(25)12(11)24)27-14(6(21)3-16)10(17)7(22)4-19/h6-8,10-15,19-22,24-25H,2-5,16-17H2,1H3,(H,18,23)/t6-,7+,8?,10+,11+,12?,13?,14+,15+/m0/s1. The van der Waals surface area contributed by atoms with Gasteiger partial charge in [-0.1, -0.05) is 6.92 Å². The average molecular weight is 397 g/mol. The second-order valence-corrected chi connectivity index (χ2v) is 6.38. The van der Waals surface area contributed by atoms with Crippen molar-refractivity contribution in [3.8, 4) is 0 Å². The number of amides is 1. The number of hydrogen-bond donors (Lipinski definition) is 9. The van der Waals surface area contributed by atoms with Crippen molar-refractivity contribution in [3.63, 3.8) is 0 Å². The van der Waals surface area contributed by atoms with Gasteiger partial charge in [-0.3, -0.25) is 4.79 Å². The lowest BCUT2D eigenvalue weighted by Gasteiger charge is -2.44. The molecule has 1 heterocycles. The van der Waals surface area contributed by atoms with Gasteiger partial charge in [-0.15, -0.1) is 0 Å². The second-order valence-electron chi connectivity index (χ2n) is 6.38. The number of carbonyl (C=O) groups is 1. The molecule has 3 unspecified atom stereocenters. The molecular formula is C15H31N3O9. The molecule has 12 nitrogen and oxygen atoms in total. The average Bonchev–Trinajstić information content (AvgIpc) is 2.68. The van der Waals surface area contributed by atoms with Gasteiger partial charge in [0.25, 0.3) is 0 Å². The van der Waals surface area contributed by atoms with Crippen LogP contribution in [0.2, 0.25) is 0 Å². The molecule has 1 amide bonds. The molecule has 1 saturated heterocycles. The molecule has 11 N–H and O–H groups in total. The first-order valence-electron chi connectivity index (χ1n) is 8.71. The van der Waals surface area contributed by atoms with Crippen LogP contribution in [0, 0.1) is 0 Å². The van der Waals surface area contributed by atoms with Crippen LogP contribution < -0.4 is 16.8 Å². The zero-order valence-electron chi connectivity index (χ0n) is 15.1. The molecule has 0 bridgehead atoms. The summed E-state index contributed by atoms with van der Waals surface area (Å²) >= 11 is 0. The van der Waals surface area contributed by atoms with Crippen LogP contribution in [0.15, 0.2) is 0 Å². The third-order valence-corrected chi connectivity index (χ3v) is 4.46.